The van der Waals surface area contributed by atoms with Crippen LogP contribution in [-0.4, -0.2) is 15.5 Å². The number of halogens is 1. The van der Waals surface area contributed by atoms with Gasteiger partial charge in [-0.3, -0.25) is 4.79 Å². The van der Waals surface area contributed by atoms with Gasteiger partial charge < -0.3 is 9.88 Å². The number of para-hydroxylation sites is 2. The van der Waals surface area contributed by atoms with Crippen LogP contribution in [0.4, 0.5) is 4.39 Å². The van der Waals surface area contributed by atoms with Crippen molar-refractivity contribution in [3.63, 3.8) is 0 Å². The van der Waals surface area contributed by atoms with Crippen molar-refractivity contribution in [2.45, 2.75) is 39.8 Å². The molecule has 0 aliphatic heterocycles. The van der Waals surface area contributed by atoms with E-state index in [1.165, 1.54) is 6.07 Å². The zero-order valence-corrected chi connectivity index (χ0v) is 15.2. The number of carbonyl (C=O) groups excluding carboxylic acids is 1. The van der Waals surface area contributed by atoms with Crippen molar-refractivity contribution in [2.75, 3.05) is 0 Å². The Morgan fingerprint density at radius 1 is 1.12 bits per heavy atom. The number of amides is 1. The minimum atomic E-state index is -0.239. The topological polar surface area (TPSA) is 46.9 Å². The van der Waals surface area contributed by atoms with Gasteiger partial charge in [0.15, 0.2) is 0 Å². The van der Waals surface area contributed by atoms with E-state index in [4.69, 9.17) is 0 Å². The molecule has 0 saturated heterocycles. The number of benzene rings is 2. The van der Waals surface area contributed by atoms with Gasteiger partial charge in [0.1, 0.15) is 11.6 Å². The molecule has 26 heavy (non-hydrogen) atoms. The summed E-state index contributed by atoms with van der Waals surface area (Å²) < 4.78 is 16.1. The summed E-state index contributed by atoms with van der Waals surface area (Å²) in [6.45, 7) is 4.74. The Kier molecular flexibility index (Phi) is 5.66. The second-order valence-electron chi connectivity index (χ2n) is 6.43. The Hall–Kier alpha value is -2.69. The average molecular weight is 353 g/mol. The van der Waals surface area contributed by atoms with Crippen LogP contribution in [0.1, 0.15) is 38.1 Å². The molecule has 1 aromatic heterocycles. The van der Waals surface area contributed by atoms with Crippen molar-refractivity contribution in [1.29, 1.82) is 0 Å². The van der Waals surface area contributed by atoms with Gasteiger partial charge in [-0.05, 0) is 31.0 Å². The highest BCUT2D eigenvalue weighted by Gasteiger charge is 2.17. The third-order valence-corrected chi connectivity index (χ3v) is 4.80. The SMILES string of the molecule is CCC(CC)C(=O)NCc1nc2ccccc2n1Cc1ccccc1F. The van der Waals surface area contributed by atoms with E-state index in [1.807, 2.05) is 48.7 Å². The smallest absolute Gasteiger partial charge is 0.223 e. The maximum absolute atomic E-state index is 14.1. The molecule has 0 aliphatic rings. The summed E-state index contributed by atoms with van der Waals surface area (Å²) in [5.41, 5.74) is 2.38. The Bertz CT molecular complexity index is 899. The van der Waals surface area contributed by atoms with Gasteiger partial charge in [0.25, 0.3) is 0 Å². The van der Waals surface area contributed by atoms with Crippen molar-refractivity contribution in [3.05, 3.63) is 65.7 Å². The third kappa shape index (κ3) is 3.77. The quantitative estimate of drug-likeness (QED) is 0.689. The number of nitrogens with one attached hydrogen (secondary N) is 1. The molecule has 0 aliphatic carbocycles. The Morgan fingerprint density at radius 3 is 2.54 bits per heavy atom. The van der Waals surface area contributed by atoms with Gasteiger partial charge in [-0.15, -0.1) is 0 Å². The Balaban J connectivity index is 1.90. The van der Waals surface area contributed by atoms with Crippen molar-refractivity contribution in [2.24, 2.45) is 5.92 Å². The van der Waals surface area contributed by atoms with Gasteiger partial charge in [-0.25, -0.2) is 9.37 Å². The summed E-state index contributed by atoms with van der Waals surface area (Å²) in [5, 5.41) is 2.99. The highest BCUT2D eigenvalue weighted by atomic mass is 19.1. The lowest BCUT2D eigenvalue weighted by Crippen LogP contribution is -2.30. The minimum Gasteiger partial charge on any atom is -0.349 e. The van der Waals surface area contributed by atoms with Gasteiger partial charge >= 0.3 is 0 Å². The molecule has 3 aromatic rings. The first kappa shape index (κ1) is 18.1. The molecule has 1 amide bonds. The largest absolute Gasteiger partial charge is 0.349 e. The molecular formula is C21H24FN3O. The number of carbonyl (C=O) groups is 1. The van der Waals surface area contributed by atoms with Gasteiger partial charge in [0.05, 0.1) is 24.1 Å². The second kappa shape index (κ2) is 8.13. The molecule has 1 N–H and O–H groups in total. The Labute approximate surface area is 153 Å². The van der Waals surface area contributed by atoms with Crippen LogP contribution in [0.3, 0.4) is 0 Å². The standard InChI is InChI=1S/C21H24FN3O/c1-3-15(4-2)21(26)23-13-20-24-18-11-7-8-12-19(18)25(20)14-16-9-5-6-10-17(16)22/h5-12,15H,3-4,13-14H2,1-2H3,(H,23,26). The highest BCUT2D eigenvalue weighted by Crippen LogP contribution is 2.19. The van der Waals surface area contributed by atoms with Crippen LogP contribution in [0.15, 0.2) is 48.5 Å². The third-order valence-electron chi connectivity index (χ3n) is 4.80. The fourth-order valence-corrected chi connectivity index (χ4v) is 3.20. The molecular weight excluding hydrogens is 329 g/mol. The molecule has 0 saturated carbocycles. The van der Waals surface area contributed by atoms with Gasteiger partial charge in [0.2, 0.25) is 5.91 Å². The summed E-state index contributed by atoms with van der Waals surface area (Å²) >= 11 is 0. The summed E-state index contributed by atoms with van der Waals surface area (Å²) in [6.07, 6.45) is 1.63. The lowest BCUT2D eigenvalue weighted by molar-refractivity contribution is -0.125. The summed E-state index contributed by atoms with van der Waals surface area (Å²) in [7, 11) is 0. The molecule has 3 rings (SSSR count). The number of imidazole rings is 1. The number of hydrogen-bond acceptors (Lipinski definition) is 2. The molecule has 0 bridgehead atoms. The summed E-state index contributed by atoms with van der Waals surface area (Å²) in [5.74, 6) is 0.546. The highest BCUT2D eigenvalue weighted by molar-refractivity contribution is 5.79. The van der Waals surface area contributed by atoms with Crippen molar-refractivity contribution >= 4 is 16.9 Å². The van der Waals surface area contributed by atoms with Crippen LogP contribution in [0, 0.1) is 11.7 Å². The van der Waals surface area contributed by atoms with Crippen LogP contribution >= 0.6 is 0 Å². The van der Waals surface area contributed by atoms with Gasteiger partial charge in [-0.2, -0.15) is 0 Å². The lowest BCUT2D eigenvalue weighted by Gasteiger charge is -2.14. The van der Waals surface area contributed by atoms with E-state index < -0.39 is 0 Å². The van der Waals surface area contributed by atoms with E-state index in [1.54, 1.807) is 12.1 Å². The number of aromatic nitrogens is 2. The van der Waals surface area contributed by atoms with Crippen LogP contribution in [-0.2, 0) is 17.9 Å². The summed E-state index contributed by atoms with van der Waals surface area (Å²) in [4.78, 5) is 17.0. The molecule has 5 heteroatoms. The first-order chi connectivity index (χ1) is 12.6. The van der Waals surface area contributed by atoms with Crippen LogP contribution in [0.5, 0.6) is 0 Å². The zero-order chi connectivity index (χ0) is 18.5. The lowest BCUT2D eigenvalue weighted by atomic mass is 10.0. The van der Waals surface area contributed by atoms with Crippen molar-refractivity contribution < 1.29 is 9.18 Å². The molecule has 2 aromatic carbocycles. The molecule has 136 valence electrons. The van der Waals surface area contributed by atoms with Crippen molar-refractivity contribution in [3.8, 4) is 0 Å². The first-order valence-electron chi connectivity index (χ1n) is 9.09. The number of rotatable bonds is 7. The predicted molar refractivity (Wildman–Crippen MR) is 101 cm³/mol. The van der Waals surface area contributed by atoms with E-state index in [2.05, 4.69) is 10.3 Å². The number of nitrogens with zero attached hydrogens (tertiary/aromatic N) is 2. The van der Waals surface area contributed by atoms with Gasteiger partial charge in [0, 0.05) is 11.5 Å². The van der Waals surface area contributed by atoms with E-state index in [9.17, 15) is 9.18 Å². The number of fused-ring (bicyclic) bond motifs is 1. The van der Waals surface area contributed by atoms with E-state index in [-0.39, 0.29) is 17.6 Å². The van der Waals surface area contributed by atoms with Crippen LogP contribution < -0.4 is 5.32 Å². The van der Waals surface area contributed by atoms with E-state index in [0.29, 0.717) is 18.7 Å². The first-order valence-corrected chi connectivity index (χ1v) is 9.09. The molecule has 0 radical (unpaired) electrons. The molecule has 0 unspecified atom stereocenters. The maximum Gasteiger partial charge on any atom is 0.223 e. The molecule has 0 spiro atoms. The fraction of sp³-hybridized carbons (Fsp3) is 0.333. The predicted octanol–water partition coefficient (Wildman–Crippen LogP) is 4.28. The maximum atomic E-state index is 14.1. The van der Waals surface area contributed by atoms with Crippen LogP contribution in [0.25, 0.3) is 11.0 Å². The van der Waals surface area contributed by atoms with E-state index in [0.717, 1.165) is 29.7 Å². The van der Waals surface area contributed by atoms with Gasteiger partial charge in [-0.1, -0.05) is 44.2 Å². The molecule has 1 heterocycles. The normalized spacial score (nSPS) is 11.2. The monoisotopic (exact) mass is 353 g/mol. The number of hydrogen-bond donors (Lipinski definition) is 1. The Morgan fingerprint density at radius 2 is 1.81 bits per heavy atom. The van der Waals surface area contributed by atoms with Crippen molar-refractivity contribution in [1.82, 2.24) is 14.9 Å². The molecule has 4 nitrogen and oxygen atoms in total. The van der Waals surface area contributed by atoms with Crippen LogP contribution in [0.2, 0.25) is 0 Å². The molecule has 0 atom stereocenters. The molecule has 0 fully saturated rings. The second-order valence-corrected chi connectivity index (χ2v) is 6.43. The fourth-order valence-electron chi connectivity index (χ4n) is 3.20. The average Bonchev–Trinajstić information content (AvgIpc) is 3.00. The summed E-state index contributed by atoms with van der Waals surface area (Å²) in [6, 6.07) is 14.5. The van der Waals surface area contributed by atoms with E-state index >= 15 is 0 Å². The minimum absolute atomic E-state index is 0.0133. The zero-order valence-electron chi connectivity index (χ0n) is 15.2.